The highest BCUT2D eigenvalue weighted by Crippen LogP contribution is 2.30. The van der Waals surface area contributed by atoms with Gasteiger partial charge < -0.3 is 9.84 Å². The van der Waals surface area contributed by atoms with E-state index >= 15 is 0 Å². The average Bonchev–Trinajstić information content (AvgIpc) is 2.75. The van der Waals surface area contributed by atoms with Gasteiger partial charge in [-0.25, -0.2) is 4.79 Å². The number of carbonyl (C=O) groups excluding carboxylic acids is 1. The van der Waals surface area contributed by atoms with Crippen molar-refractivity contribution in [1.82, 2.24) is 0 Å². The van der Waals surface area contributed by atoms with Crippen LogP contribution in [0.2, 0.25) is 0 Å². The zero-order chi connectivity index (χ0) is 13.9. The van der Waals surface area contributed by atoms with Crippen molar-refractivity contribution in [3.05, 3.63) is 77.5 Å². The lowest BCUT2D eigenvalue weighted by molar-refractivity contribution is -0.138. The van der Waals surface area contributed by atoms with Crippen molar-refractivity contribution in [3.63, 3.8) is 0 Å². The van der Waals surface area contributed by atoms with Crippen LogP contribution in [0.1, 0.15) is 11.1 Å². The van der Waals surface area contributed by atoms with E-state index in [4.69, 9.17) is 4.74 Å². The van der Waals surface area contributed by atoms with Crippen molar-refractivity contribution >= 4 is 11.5 Å². The van der Waals surface area contributed by atoms with Crippen LogP contribution in [0, 0.1) is 0 Å². The van der Waals surface area contributed by atoms with Gasteiger partial charge in [-0.05, 0) is 11.1 Å². The normalized spacial score (nSPS) is 18.2. The molecule has 0 fully saturated rings. The fourth-order valence-corrected chi connectivity index (χ4v) is 2.35. The van der Waals surface area contributed by atoms with E-state index < -0.39 is 12.1 Å². The molecular formula is C17H14O3. The Morgan fingerprint density at radius 2 is 1.55 bits per heavy atom. The molecule has 1 heterocycles. The van der Waals surface area contributed by atoms with Gasteiger partial charge in [-0.1, -0.05) is 60.7 Å². The standard InChI is InChI=1S/C17H14O3/c18-16-14(11-12-7-3-1-4-8-12)20-17(19)15(16)13-9-5-2-6-10-13/h1-10,14,18H,11H2. The molecule has 3 heteroatoms. The minimum absolute atomic E-state index is 0.0186. The lowest BCUT2D eigenvalue weighted by atomic mass is 10.0. The summed E-state index contributed by atoms with van der Waals surface area (Å²) in [6.45, 7) is 0. The molecule has 2 aromatic rings. The molecule has 1 aliphatic rings. The summed E-state index contributed by atoms with van der Waals surface area (Å²) in [5.74, 6) is -0.445. The van der Waals surface area contributed by atoms with E-state index in [9.17, 15) is 9.90 Å². The number of aliphatic hydroxyl groups excluding tert-OH is 1. The van der Waals surface area contributed by atoms with Crippen molar-refractivity contribution in [2.75, 3.05) is 0 Å². The second kappa shape index (κ2) is 5.21. The Kier molecular flexibility index (Phi) is 3.25. The van der Waals surface area contributed by atoms with Gasteiger partial charge in [0.25, 0.3) is 0 Å². The van der Waals surface area contributed by atoms with Crippen LogP contribution in [-0.2, 0) is 16.0 Å². The van der Waals surface area contributed by atoms with Crippen LogP contribution < -0.4 is 0 Å². The van der Waals surface area contributed by atoms with Crippen molar-refractivity contribution in [3.8, 4) is 0 Å². The predicted octanol–water partition coefficient (Wildman–Crippen LogP) is 3.12. The Hall–Kier alpha value is -2.55. The number of hydrogen-bond donors (Lipinski definition) is 1. The maximum absolute atomic E-state index is 11.9. The summed E-state index contributed by atoms with van der Waals surface area (Å²) in [5.41, 5.74) is 1.98. The largest absolute Gasteiger partial charge is 0.507 e. The molecule has 0 bridgehead atoms. The van der Waals surface area contributed by atoms with Gasteiger partial charge in [0.05, 0.1) is 0 Å². The molecule has 3 nitrogen and oxygen atoms in total. The molecular weight excluding hydrogens is 252 g/mol. The first kappa shape index (κ1) is 12.5. The molecule has 0 aliphatic carbocycles. The maximum atomic E-state index is 11.9. The molecule has 0 aromatic heterocycles. The van der Waals surface area contributed by atoms with Crippen LogP contribution in [0.15, 0.2) is 66.4 Å². The highest BCUT2D eigenvalue weighted by Gasteiger charge is 2.34. The van der Waals surface area contributed by atoms with E-state index in [1.54, 1.807) is 12.1 Å². The third kappa shape index (κ3) is 2.30. The SMILES string of the molecule is O=C1OC(Cc2ccccc2)C(O)=C1c1ccccc1. The fourth-order valence-electron chi connectivity index (χ4n) is 2.35. The molecule has 2 aromatic carbocycles. The summed E-state index contributed by atoms with van der Waals surface area (Å²) in [6.07, 6.45) is -0.116. The number of hydrogen-bond acceptors (Lipinski definition) is 3. The van der Waals surface area contributed by atoms with E-state index in [0.717, 1.165) is 5.56 Å². The molecule has 1 aliphatic heterocycles. The summed E-state index contributed by atoms with van der Waals surface area (Å²) < 4.78 is 5.28. The summed E-state index contributed by atoms with van der Waals surface area (Å²) in [5, 5.41) is 10.3. The molecule has 1 N–H and O–H groups in total. The Labute approximate surface area is 117 Å². The molecule has 1 atom stereocenters. The second-order valence-electron chi connectivity index (χ2n) is 4.71. The number of rotatable bonds is 3. The number of cyclic esters (lactones) is 1. The van der Waals surface area contributed by atoms with E-state index in [0.29, 0.717) is 12.0 Å². The smallest absolute Gasteiger partial charge is 0.343 e. The van der Waals surface area contributed by atoms with E-state index in [1.165, 1.54) is 0 Å². The lowest BCUT2D eigenvalue weighted by Crippen LogP contribution is -2.14. The van der Waals surface area contributed by atoms with Crippen LogP contribution in [0.4, 0.5) is 0 Å². The van der Waals surface area contributed by atoms with Crippen molar-refractivity contribution in [1.29, 1.82) is 0 Å². The summed E-state index contributed by atoms with van der Waals surface area (Å²) in [7, 11) is 0. The lowest BCUT2D eigenvalue weighted by Gasteiger charge is -2.09. The Morgan fingerprint density at radius 3 is 2.20 bits per heavy atom. The van der Waals surface area contributed by atoms with Gasteiger partial charge in [-0.3, -0.25) is 0 Å². The molecule has 0 amide bonds. The van der Waals surface area contributed by atoms with Gasteiger partial charge in [-0.15, -0.1) is 0 Å². The second-order valence-corrected chi connectivity index (χ2v) is 4.71. The van der Waals surface area contributed by atoms with Crippen LogP contribution >= 0.6 is 0 Å². The topological polar surface area (TPSA) is 46.5 Å². The Bertz CT molecular complexity index is 644. The highest BCUT2D eigenvalue weighted by molar-refractivity contribution is 6.19. The Balaban J connectivity index is 1.89. The van der Waals surface area contributed by atoms with Gasteiger partial charge in [0.15, 0.2) is 6.10 Å². The molecule has 3 rings (SSSR count). The van der Waals surface area contributed by atoms with Gasteiger partial charge in [0, 0.05) is 6.42 Å². The quantitative estimate of drug-likeness (QED) is 0.868. The third-order valence-electron chi connectivity index (χ3n) is 3.34. The van der Waals surface area contributed by atoms with E-state index in [1.807, 2.05) is 48.5 Å². The minimum atomic E-state index is -0.597. The third-order valence-corrected chi connectivity index (χ3v) is 3.34. The first-order chi connectivity index (χ1) is 9.75. The minimum Gasteiger partial charge on any atom is -0.507 e. The number of carbonyl (C=O) groups is 1. The summed E-state index contributed by atoms with van der Waals surface area (Å²) >= 11 is 0. The molecule has 20 heavy (non-hydrogen) atoms. The Morgan fingerprint density at radius 1 is 0.950 bits per heavy atom. The highest BCUT2D eigenvalue weighted by atomic mass is 16.6. The van der Waals surface area contributed by atoms with Crippen LogP contribution in [0.3, 0.4) is 0 Å². The number of aliphatic hydroxyl groups is 1. The first-order valence-electron chi connectivity index (χ1n) is 6.49. The monoisotopic (exact) mass is 266 g/mol. The summed E-state index contributed by atoms with van der Waals surface area (Å²) in [6, 6.07) is 18.8. The fraction of sp³-hybridized carbons (Fsp3) is 0.118. The molecule has 0 radical (unpaired) electrons. The van der Waals surface area contributed by atoms with Crippen LogP contribution in [0.25, 0.3) is 5.57 Å². The molecule has 0 saturated heterocycles. The van der Waals surface area contributed by atoms with Gasteiger partial charge in [0.1, 0.15) is 11.3 Å². The van der Waals surface area contributed by atoms with Gasteiger partial charge in [0.2, 0.25) is 0 Å². The van der Waals surface area contributed by atoms with Crippen LogP contribution in [0.5, 0.6) is 0 Å². The van der Waals surface area contributed by atoms with Crippen LogP contribution in [-0.4, -0.2) is 17.2 Å². The average molecular weight is 266 g/mol. The zero-order valence-electron chi connectivity index (χ0n) is 10.8. The number of esters is 1. The molecule has 0 saturated carbocycles. The van der Waals surface area contributed by atoms with E-state index in [2.05, 4.69) is 0 Å². The van der Waals surface area contributed by atoms with Gasteiger partial charge in [-0.2, -0.15) is 0 Å². The van der Waals surface area contributed by atoms with Crippen molar-refractivity contribution in [2.45, 2.75) is 12.5 Å². The predicted molar refractivity (Wildman–Crippen MR) is 76.0 cm³/mol. The molecule has 1 unspecified atom stereocenters. The number of ether oxygens (including phenoxy) is 1. The number of benzene rings is 2. The first-order valence-corrected chi connectivity index (χ1v) is 6.49. The zero-order valence-corrected chi connectivity index (χ0v) is 10.8. The van der Waals surface area contributed by atoms with E-state index in [-0.39, 0.29) is 11.3 Å². The van der Waals surface area contributed by atoms with Crippen molar-refractivity contribution < 1.29 is 14.6 Å². The van der Waals surface area contributed by atoms with Crippen molar-refractivity contribution in [2.24, 2.45) is 0 Å². The molecule has 0 spiro atoms. The maximum Gasteiger partial charge on any atom is 0.343 e. The molecule has 100 valence electrons. The summed E-state index contributed by atoms with van der Waals surface area (Å²) in [4.78, 5) is 11.9. The van der Waals surface area contributed by atoms with Gasteiger partial charge >= 0.3 is 5.97 Å².